The van der Waals surface area contributed by atoms with Crippen LogP contribution in [0, 0.1) is 0 Å². The van der Waals surface area contributed by atoms with Gasteiger partial charge >= 0.3 is 0 Å². The van der Waals surface area contributed by atoms with Crippen LogP contribution in [0.3, 0.4) is 0 Å². The molecule has 1 heterocycles. The number of halogens is 1. The van der Waals surface area contributed by atoms with Gasteiger partial charge in [-0.15, -0.1) is 11.8 Å². The third-order valence-corrected chi connectivity index (χ3v) is 4.40. The number of ketones is 1. The minimum atomic E-state index is -0.283. The molecule has 1 aromatic heterocycles. The second-order valence-electron chi connectivity index (χ2n) is 4.36. The number of hydrogen-bond donors (Lipinski definition) is 0. The second kappa shape index (κ2) is 7.04. The van der Waals surface area contributed by atoms with Gasteiger partial charge in [-0.25, -0.2) is 0 Å². The first kappa shape index (κ1) is 15.3. The Morgan fingerprint density at radius 3 is 2.70 bits per heavy atom. The molecule has 0 spiro atoms. The molecule has 2 rings (SSSR count). The Bertz CT molecular complexity index is 583. The fourth-order valence-electron chi connectivity index (χ4n) is 1.78. The van der Waals surface area contributed by atoms with E-state index in [1.807, 2.05) is 31.2 Å². The molecule has 0 N–H and O–H groups in total. The molecule has 0 aliphatic carbocycles. The molecule has 20 heavy (non-hydrogen) atoms. The van der Waals surface area contributed by atoms with Crippen molar-refractivity contribution >= 4 is 33.5 Å². The lowest BCUT2D eigenvalue weighted by atomic mass is 10.0. The second-order valence-corrected chi connectivity index (χ2v) is 6.33. The first-order valence-corrected chi connectivity index (χ1v) is 8.09. The summed E-state index contributed by atoms with van der Waals surface area (Å²) >= 11 is 5.03. The van der Waals surface area contributed by atoms with Crippen molar-refractivity contribution < 1.29 is 9.32 Å². The van der Waals surface area contributed by atoms with E-state index in [2.05, 4.69) is 26.1 Å². The molecule has 0 saturated heterocycles. The van der Waals surface area contributed by atoms with E-state index >= 15 is 0 Å². The lowest BCUT2D eigenvalue weighted by Crippen LogP contribution is -2.07. The standard InChI is InChI=1S/C14H15BrN2O2S/c1-3-12(9(2)18)14-16-13(17-19-14)8-20-11-6-4-10(15)5-7-11/h4-7,12H,3,8H2,1-2H3. The summed E-state index contributed by atoms with van der Waals surface area (Å²) in [6.07, 6.45) is 0.677. The first-order valence-electron chi connectivity index (χ1n) is 6.31. The number of aromatic nitrogens is 2. The van der Waals surface area contributed by atoms with Gasteiger partial charge in [0.25, 0.3) is 0 Å². The van der Waals surface area contributed by atoms with E-state index in [0.29, 0.717) is 23.9 Å². The Hall–Kier alpha value is -1.14. The van der Waals surface area contributed by atoms with Gasteiger partial charge in [0.15, 0.2) is 5.82 Å². The number of rotatable bonds is 6. The van der Waals surface area contributed by atoms with Crippen LogP contribution in [-0.2, 0) is 10.5 Å². The smallest absolute Gasteiger partial charge is 0.237 e. The molecule has 6 heteroatoms. The van der Waals surface area contributed by atoms with Crippen molar-refractivity contribution in [3.63, 3.8) is 0 Å². The maximum absolute atomic E-state index is 11.5. The molecule has 1 aromatic carbocycles. The number of thioether (sulfide) groups is 1. The van der Waals surface area contributed by atoms with Crippen LogP contribution in [0.4, 0.5) is 0 Å². The number of hydrogen-bond acceptors (Lipinski definition) is 5. The highest BCUT2D eigenvalue weighted by Gasteiger charge is 2.21. The summed E-state index contributed by atoms with van der Waals surface area (Å²) in [5.74, 6) is 1.44. The summed E-state index contributed by atoms with van der Waals surface area (Å²) in [7, 11) is 0. The van der Waals surface area contributed by atoms with Crippen molar-refractivity contribution in [2.24, 2.45) is 0 Å². The van der Waals surface area contributed by atoms with Gasteiger partial charge in [-0.1, -0.05) is 28.0 Å². The van der Waals surface area contributed by atoms with Crippen LogP contribution in [-0.4, -0.2) is 15.9 Å². The minimum absolute atomic E-state index is 0.0586. The summed E-state index contributed by atoms with van der Waals surface area (Å²) in [5.41, 5.74) is 0. The fraction of sp³-hybridized carbons (Fsp3) is 0.357. The molecular formula is C14H15BrN2O2S. The predicted octanol–water partition coefficient (Wildman–Crippen LogP) is 4.21. The largest absolute Gasteiger partial charge is 0.339 e. The average Bonchev–Trinajstić information content (AvgIpc) is 2.87. The highest BCUT2D eigenvalue weighted by atomic mass is 79.9. The molecule has 0 saturated carbocycles. The van der Waals surface area contributed by atoms with E-state index in [-0.39, 0.29) is 11.7 Å². The Balaban J connectivity index is 1.99. The number of carbonyl (C=O) groups excluding carboxylic acids is 1. The van der Waals surface area contributed by atoms with E-state index in [0.717, 1.165) is 9.37 Å². The third kappa shape index (κ3) is 3.93. The quantitative estimate of drug-likeness (QED) is 0.727. The summed E-state index contributed by atoms with van der Waals surface area (Å²) in [5, 5.41) is 3.93. The molecule has 0 fully saturated rings. The van der Waals surface area contributed by atoms with Gasteiger partial charge in [-0.2, -0.15) is 4.98 Å². The zero-order valence-corrected chi connectivity index (χ0v) is 13.7. The van der Waals surface area contributed by atoms with Crippen LogP contribution in [0.2, 0.25) is 0 Å². The van der Waals surface area contributed by atoms with Gasteiger partial charge in [-0.3, -0.25) is 4.79 Å². The summed E-state index contributed by atoms with van der Waals surface area (Å²) in [6.45, 7) is 3.49. The van der Waals surface area contributed by atoms with E-state index < -0.39 is 0 Å². The highest BCUT2D eigenvalue weighted by molar-refractivity contribution is 9.10. The lowest BCUT2D eigenvalue weighted by molar-refractivity contribution is -0.119. The van der Waals surface area contributed by atoms with Crippen molar-refractivity contribution in [3.8, 4) is 0 Å². The average molecular weight is 355 g/mol. The molecule has 1 atom stereocenters. The van der Waals surface area contributed by atoms with E-state index in [4.69, 9.17) is 4.52 Å². The Labute approximate surface area is 130 Å². The van der Waals surface area contributed by atoms with Crippen LogP contribution >= 0.6 is 27.7 Å². The van der Waals surface area contributed by atoms with Crippen LogP contribution in [0.25, 0.3) is 0 Å². The SMILES string of the molecule is CCC(C(C)=O)c1nc(CSc2ccc(Br)cc2)no1. The minimum Gasteiger partial charge on any atom is -0.339 e. The van der Waals surface area contributed by atoms with Gasteiger partial charge in [0.05, 0.1) is 11.7 Å². The van der Waals surface area contributed by atoms with Crippen molar-refractivity contribution in [2.45, 2.75) is 36.8 Å². The zero-order chi connectivity index (χ0) is 14.5. The van der Waals surface area contributed by atoms with Crippen molar-refractivity contribution in [3.05, 3.63) is 40.5 Å². The molecule has 0 bridgehead atoms. The Morgan fingerprint density at radius 1 is 1.40 bits per heavy atom. The van der Waals surface area contributed by atoms with Crippen LogP contribution in [0.1, 0.15) is 37.9 Å². The predicted molar refractivity (Wildman–Crippen MR) is 81.7 cm³/mol. The van der Waals surface area contributed by atoms with Gasteiger partial charge < -0.3 is 4.52 Å². The third-order valence-electron chi connectivity index (χ3n) is 2.86. The number of benzene rings is 1. The first-order chi connectivity index (χ1) is 9.60. The molecule has 0 aliphatic rings. The fourth-order valence-corrected chi connectivity index (χ4v) is 2.79. The summed E-state index contributed by atoms with van der Waals surface area (Å²) < 4.78 is 6.24. The maximum atomic E-state index is 11.5. The number of nitrogens with zero attached hydrogens (tertiary/aromatic N) is 2. The molecule has 0 aliphatic heterocycles. The van der Waals surface area contributed by atoms with Crippen LogP contribution in [0.5, 0.6) is 0 Å². The van der Waals surface area contributed by atoms with Gasteiger partial charge in [-0.05, 0) is 37.6 Å². The molecule has 4 nitrogen and oxygen atoms in total. The van der Waals surface area contributed by atoms with Gasteiger partial charge in [0.1, 0.15) is 5.78 Å². The topological polar surface area (TPSA) is 56.0 Å². The normalized spacial score (nSPS) is 12.3. The van der Waals surface area contributed by atoms with Crippen molar-refractivity contribution in [1.82, 2.24) is 10.1 Å². The molecule has 1 unspecified atom stereocenters. The Morgan fingerprint density at radius 2 is 2.10 bits per heavy atom. The van der Waals surface area contributed by atoms with Gasteiger partial charge in [0, 0.05) is 9.37 Å². The summed E-state index contributed by atoms with van der Waals surface area (Å²) in [6, 6.07) is 8.04. The monoisotopic (exact) mass is 354 g/mol. The molecule has 2 aromatic rings. The highest BCUT2D eigenvalue weighted by Crippen LogP contribution is 2.25. The molecule has 0 amide bonds. The summed E-state index contributed by atoms with van der Waals surface area (Å²) in [4.78, 5) is 16.9. The van der Waals surface area contributed by atoms with E-state index in [1.54, 1.807) is 18.7 Å². The molecule has 106 valence electrons. The van der Waals surface area contributed by atoms with E-state index in [9.17, 15) is 4.79 Å². The molecule has 0 radical (unpaired) electrons. The van der Waals surface area contributed by atoms with Gasteiger partial charge in [0.2, 0.25) is 5.89 Å². The van der Waals surface area contributed by atoms with Crippen LogP contribution in [0.15, 0.2) is 38.2 Å². The Kier molecular flexibility index (Phi) is 5.37. The zero-order valence-electron chi connectivity index (χ0n) is 11.3. The maximum Gasteiger partial charge on any atom is 0.237 e. The number of carbonyl (C=O) groups is 1. The van der Waals surface area contributed by atoms with Crippen molar-refractivity contribution in [2.75, 3.05) is 0 Å². The molecular weight excluding hydrogens is 340 g/mol. The van der Waals surface area contributed by atoms with Crippen LogP contribution < -0.4 is 0 Å². The lowest BCUT2D eigenvalue weighted by Gasteiger charge is -2.03. The number of Topliss-reactive ketones (excluding diaryl/α,β-unsaturated/α-hetero) is 1. The van der Waals surface area contributed by atoms with E-state index in [1.165, 1.54) is 0 Å². The van der Waals surface area contributed by atoms with Crippen molar-refractivity contribution in [1.29, 1.82) is 0 Å².